The molecule has 0 bridgehead atoms. The summed E-state index contributed by atoms with van der Waals surface area (Å²) >= 11 is 2.25. The summed E-state index contributed by atoms with van der Waals surface area (Å²) in [6.07, 6.45) is -0.144. The summed E-state index contributed by atoms with van der Waals surface area (Å²) in [6, 6.07) is 0. The van der Waals surface area contributed by atoms with Gasteiger partial charge in [-0.2, -0.15) is 0 Å². The first-order chi connectivity index (χ1) is 4.02. The van der Waals surface area contributed by atoms with E-state index in [0.29, 0.717) is 0 Å². The molecule has 0 aromatic rings. The zero-order valence-electron chi connectivity index (χ0n) is 5.76. The molecule has 0 saturated carbocycles. The summed E-state index contributed by atoms with van der Waals surface area (Å²) in [7, 11) is 0. The van der Waals surface area contributed by atoms with Crippen LogP contribution in [0.15, 0.2) is 0 Å². The maximum atomic E-state index is 9.38. The van der Waals surface area contributed by atoms with Crippen LogP contribution < -0.4 is 0 Å². The van der Waals surface area contributed by atoms with Crippen LogP contribution in [-0.4, -0.2) is 27.4 Å². The molecule has 0 aromatic carbocycles. The van der Waals surface area contributed by atoms with Crippen LogP contribution in [0.5, 0.6) is 0 Å². The lowest BCUT2D eigenvalue weighted by atomic mass is 9.90. The third kappa shape index (κ3) is 1.56. The van der Waals surface area contributed by atoms with E-state index in [4.69, 9.17) is 0 Å². The maximum Gasteiger partial charge on any atom is 0.0738 e. The first-order valence-corrected chi connectivity index (χ1v) is 4.08. The van der Waals surface area contributed by atoms with Crippen molar-refractivity contribution < 1.29 is 5.11 Å². The number of β-amino-alcohol motifs (C(OH)–C–C–N with tert-alkyl or cyclic N) is 1. The van der Waals surface area contributed by atoms with Gasteiger partial charge in [0, 0.05) is 41.4 Å². The minimum Gasteiger partial charge on any atom is -0.391 e. The molecule has 3 heteroatoms. The summed E-state index contributed by atoms with van der Waals surface area (Å²) in [4.78, 5) is 0. The number of aliphatic hydroxyl groups excluding tert-OH is 1. The summed E-state index contributed by atoms with van der Waals surface area (Å²) in [6.45, 7) is 5.99. The van der Waals surface area contributed by atoms with Crippen molar-refractivity contribution in [1.82, 2.24) is 3.11 Å². The minimum absolute atomic E-state index is 0.0984. The Balaban J connectivity index is 2.58. The number of rotatable bonds is 0. The average Bonchev–Trinajstić information content (AvgIpc) is 1.79. The van der Waals surface area contributed by atoms with Gasteiger partial charge >= 0.3 is 0 Å². The zero-order valence-corrected chi connectivity index (χ0v) is 7.92. The van der Waals surface area contributed by atoms with Crippen molar-refractivity contribution in [1.29, 1.82) is 0 Å². The predicted molar refractivity (Wildman–Crippen MR) is 45.4 cm³/mol. The van der Waals surface area contributed by atoms with Crippen molar-refractivity contribution in [3.05, 3.63) is 0 Å². The number of halogens is 1. The largest absolute Gasteiger partial charge is 0.391 e. The van der Waals surface area contributed by atoms with Crippen LogP contribution in [0.1, 0.15) is 13.8 Å². The van der Waals surface area contributed by atoms with E-state index < -0.39 is 0 Å². The van der Waals surface area contributed by atoms with Crippen LogP contribution in [0, 0.1) is 5.41 Å². The SMILES string of the molecule is CC1(C)CN(I)CC1O. The van der Waals surface area contributed by atoms with E-state index >= 15 is 0 Å². The molecule has 1 aliphatic rings. The summed E-state index contributed by atoms with van der Waals surface area (Å²) in [5, 5.41) is 9.38. The molecule has 0 aromatic heterocycles. The van der Waals surface area contributed by atoms with Gasteiger partial charge in [0.05, 0.1) is 6.10 Å². The Morgan fingerprint density at radius 2 is 2.22 bits per heavy atom. The van der Waals surface area contributed by atoms with Crippen LogP contribution in [0.25, 0.3) is 0 Å². The molecule has 1 N–H and O–H groups in total. The van der Waals surface area contributed by atoms with Gasteiger partial charge in [0.15, 0.2) is 0 Å². The second-order valence-electron chi connectivity index (χ2n) is 3.31. The highest BCUT2D eigenvalue weighted by atomic mass is 127. The quantitative estimate of drug-likeness (QED) is 0.506. The molecule has 1 rings (SSSR count). The molecule has 1 atom stereocenters. The zero-order chi connectivity index (χ0) is 7.07. The van der Waals surface area contributed by atoms with E-state index in [1.54, 1.807) is 0 Å². The van der Waals surface area contributed by atoms with Gasteiger partial charge in [0.1, 0.15) is 0 Å². The van der Waals surface area contributed by atoms with E-state index in [1.807, 2.05) is 0 Å². The highest BCUT2D eigenvalue weighted by Gasteiger charge is 2.36. The van der Waals surface area contributed by atoms with E-state index in [0.717, 1.165) is 13.1 Å². The lowest BCUT2D eigenvalue weighted by Crippen LogP contribution is -2.26. The van der Waals surface area contributed by atoms with Crippen molar-refractivity contribution in [3.63, 3.8) is 0 Å². The van der Waals surface area contributed by atoms with Crippen molar-refractivity contribution in [2.45, 2.75) is 20.0 Å². The van der Waals surface area contributed by atoms with Crippen molar-refractivity contribution in [2.75, 3.05) is 13.1 Å². The van der Waals surface area contributed by atoms with Crippen LogP contribution in [-0.2, 0) is 0 Å². The highest BCUT2D eigenvalue weighted by Crippen LogP contribution is 2.30. The standard InChI is InChI=1S/C6H12INO/c1-6(2)4-8(7)3-5(6)9/h5,9H,3-4H2,1-2H3. The monoisotopic (exact) mass is 241 g/mol. The molecule has 1 unspecified atom stereocenters. The topological polar surface area (TPSA) is 23.5 Å². The Hall–Kier alpha value is 0.650. The second kappa shape index (κ2) is 2.36. The molecule has 1 aliphatic heterocycles. The molecular weight excluding hydrogens is 229 g/mol. The maximum absolute atomic E-state index is 9.38. The van der Waals surface area contributed by atoms with Crippen molar-refractivity contribution in [3.8, 4) is 0 Å². The molecule has 0 spiro atoms. The molecule has 1 saturated heterocycles. The van der Waals surface area contributed by atoms with E-state index in [-0.39, 0.29) is 11.5 Å². The lowest BCUT2D eigenvalue weighted by Gasteiger charge is -2.19. The van der Waals surface area contributed by atoms with Gasteiger partial charge in [-0.1, -0.05) is 13.8 Å². The summed E-state index contributed by atoms with van der Waals surface area (Å²) in [5.74, 6) is 0. The van der Waals surface area contributed by atoms with Crippen molar-refractivity contribution in [2.24, 2.45) is 5.41 Å². The van der Waals surface area contributed by atoms with E-state index in [2.05, 4.69) is 39.8 Å². The van der Waals surface area contributed by atoms with Gasteiger partial charge in [0.25, 0.3) is 0 Å². The fourth-order valence-corrected chi connectivity index (χ4v) is 2.30. The normalized spacial score (nSPS) is 35.3. The van der Waals surface area contributed by atoms with E-state index in [1.165, 1.54) is 0 Å². The smallest absolute Gasteiger partial charge is 0.0738 e. The third-order valence-corrected chi connectivity index (χ3v) is 2.59. The van der Waals surface area contributed by atoms with Gasteiger partial charge in [-0.05, 0) is 0 Å². The Morgan fingerprint density at radius 3 is 2.33 bits per heavy atom. The van der Waals surface area contributed by atoms with Gasteiger partial charge < -0.3 is 5.11 Å². The Bertz CT molecular complexity index is 116. The van der Waals surface area contributed by atoms with Crippen LogP contribution in [0.2, 0.25) is 0 Å². The Labute approximate surface area is 69.7 Å². The summed E-state index contributed by atoms with van der Waals surface area (Å²) < 4.78 is 2.13. The molecule has 0 aliphatic carbocycles. The molecule has 9 heavy (non-hydrogen) atoms. The number of hydrogen-bond acceptors (Lipinski definition) is 2. The highest BCUT2D eigenvalue weighted by molar-refractivity contribution is 14.1. The molecular formula is C6H12INO. The fraction of sp³-hybridized carbons (Fsp3) is 1.00. The molecule has 54 valence electrons. The van der Waals surface area contributed by atoms with Gasteiger partial charge in [-0.25, -0.2) is 3.11 Å². The van der Waals surface area contributed by atoms with Crippen LogP contribution >= 0.6 is 22.9 Å². The number of nitrogens with zero attached hydrogens (tertiary/aromatic N) is 1. The first-order valence-electron chi connectivity index (χ1n) is 3.11. The molecule has 1 fully saturated rings. The first kappa shape index (κ1) is 7.75. The average molecular weight is 241 g/mol. The Morgan fingerprint density at radius 1 is 1.67 bits per heavy atom. The molecule has 0 amide bonds. The van der Waals surface area contributed by atoms with Crippen LogP contribution in [0.3, 0.4) is 0 Å². The van der Waals surface area contributed by atoms with Gasteiger partial charge in [-0.3, -0.25) is 0 Å². The predicted octanol–water partition coefficient (Wildman–Crippen LogP) is 1.04. The van der Waals surface area contributed by atoms with Crippen LogP contribution in [0.4, 0.5) is 0 Å². The minimum atomic E-state index is -0.144. The van der Waals surface area contributed by atoms with E-state index in [9.17, 15) is 5.11 Å². The van der Waals surface area contributed by atoms with Gasteiger partial charge in [0.2, 0.25) is 0 Å². The molecule has 1 heterocycles. The molecule has 0 radical (unpaired) electrons. The number of hydrogen-bond donors (Lipinski definition) is 1. The fourth-order valence-electron chi connectivity index (χ4n) is 1.05. The lowest BCUT2D eigenvalue weighted by molar-refractivity contribution is 0.0961. The number of aliphatic hydroxyl groups is 1. The van der Waals surface area contributed by atoms with Gasteiger partial charge in [-0.15, -0.1) is 0 Å². The molecule has 2 nitrogen and oxygen atoms in total. The third-order valence-electron chi connectivity index (χ3n) is 1.85. The van der Waals surface area contributed by atoms with Crippen molar-refractivity contribution >= 4 is 22.9 Å². The second-order valence-corrected chi connectivity index (χ2v) is 4.67. The Kier molecular flexibility index (Phi) is 2.03. The summed E-state index contributed by atoms with van der Waals surface area (Å²) in [5.41, 5.74) is 0.0984.